The van der Waals surface area contributed by atoms with Gasteiger partial charge in [0, 0.05) is 5.22 Å². The molecule has 0 amide bonds. The second-order valence-electron chi connectivity index (χ2n) is 2.66. The van der Waals surface area contributed by atoms with Crippen molar-refractivity contribution in [1.82, 2.24) is 0 Å². The molecule has 1 aliphatic rings. The van der Waals surface area contributed by atoms with Crippen molar-refractivity contribution in [3.05, 3.63) is 22.5 Å². The Balaban J connectivity index is 2.83. The molecule has 0 unspecified atom stereocenters. The van der Waals surface area contributed by atoms with Gasteiger partial charge in [-0.1, -0.05) is 6.08 Å². The van der Waals surface area contributed by atoms with Gasteiger partial charge in [-0.05, 0) is 31.9 Å². The zero-order chi connectivity index (χ0) is 6.97. The van der Waals surface area contributed by atoms with Gasteiger partial charge in [-0.15, -0.1) is 0 Å². The molecular formula is C9H10O. The zero-order valence-corrected chi connectivity index (χ0v) is 6.05. The fraction of sp³-hybridized carbons (Fsp3) is 0.333. The molecule has 0 N–H and O–H groups in total. The van der Waals surface area contributed by atoms with Crippen LogP contribution in [0.5, 0.6) is 0 Å². The third-order valence-electron chi connectivity index (χ3n) is 1.77. The second-order valence-corrected chi connectivity index (χ2v) is 2.66. The van der Waals surface area contributed by atoms with E-state index in [9.17, 15) is 0 Å². The molecule has 0 spiro atoms. The van der Waals surface area contributed by atoms with E-state index in [0.29, 0.717) is 0 Å². The lowest BCUT2D eigenvalue weighted by molar-refractivity contribution is 0.499. The lowest BCUT2D eigenvalue weighted by Gasteiger charge is -1.89. The van der Waals surface area contributed by atoms with Crippen molar-refractivity contribution in [2.45, 2.75) is 19.8 Å². The summed E-state index contributed by atoms with van der Waals surface area (Å²) in [6.07, 6.45) is 6.67. The topological polar surface area (TPSA) is 13.1 Å². The van der Waals surface area contributed by atoms with Gasteiger partial charge in [0.25, 0.3) is 0 Å². The van der Waals surface area contributed by atoms with Crippen LogP contribution < -0.4 is 10.6 Å². The molecule has 2 rings (SSSR count). The minimum atomic E-state index is 1.01. The van der Waals surface area contributed by atoms with E-state index in [2.05, 4.69) is 18.2 Å². The highest BCUT2D eigenvalue weighted by Gasteiger charge is 1.96. The predicted octanol–water partition coefficient (Wildman–Crippen LogP) is 0.943. The molecule has 0 bridgehead atoms. The molecular weight excluding hydrogens is 124 g/mol. The van der Waals surface area contributed by atoms with Crippen LogP contribution in [0.2, 0.25) is 0 Å². The van der Waals surface area contributed by atoms with Gasteiger partial charge in [-0.2, -0.15) is 0 Å². The van der Waals surface area contributed by atoms with Gasteiger partial charge < -0.3 is 4.42 Å². The first kappa shape index (κ1) is 5.78. The van der Waals surface area contributed by atoms with Gasteiger partial charge in [0.2, 0.25) is 0 Å². The Labute approximate surface area is 59.7 Å². The molecule has 1 aliphatic carbocycles. The minimum absolute atomic E-state index is 1.01. The smallest absolute Gasteiger partial charge is 0.129 e. The molecule has 10 heavy (non-hydrogen) atoms. The Kier molecular flexibility index (Phi) is 1.16. The van der Waals surface area contributed by atoms with Crippen molar-refractivity contribution in [2.75, 3.05) is 0 Å². The molecule has 1 aromatic rings. The van der Waals surface area contributed by atoms with E-state index in [1.165, 1.54) is 5.22 Å². The molecule has 0 radical (unpaired) electrons. The standard InChI is InChI=1S/C9H10O/c1-7-6-8-4-2-3-5-9(8)10-7/h4-6H,2-3H2,1H3. The third-order valence-corrected chi connectivity index (χ3v) is 1.77. The summed E-state index contributed by atoms with van der Waals surface area (Å²) >= 11 is 0. The maximum atomic E-state index is 5.42. The van der Waals surface area contributed by atoms with E-state index >= 15 is 0 Å². The summed E-state index contributed by atoms with van der Waals surface area (Å²) in [5, 5.41) is 1.27. The molecule has 0 fully saturated rings. The Morgan fingerprint density at radius 2 is 2.10 bits per heavy atom. The van der Waals surface area contributed by atoms with E-state index < -0.39 is 0 Å². The molecule has 0 saturated heterocycles. The fourth-order valence-electron chi connectivity index (χ4n) is 1.32. The maximum Gasteiger partial charge on any atom is 0.129 e. The zero-order valence-electron chi connectivity index (χ0n) is 6.05. The van der Waals surface area contributed by atoms with E-state index in [4.69, 9.17) is 4.42 Å². The minimum Gasteiger partial charge on any atom is -0.462 e. The van der Waals surface area contributed by atoms with Crippen LogP contribution in [0.25, 0.3) is 12.2 Å². The third kappa shape index (κ3) is 0.783. The maximum absolute atomic E-state index is 5.42. The van der Waals surface area contributed by atoms with Crippen LogP contribution in [-0.4, -0.2) is 0 Å². The van der Waals surface area contributed by atoms with Crippen LogP contribution in [0.4, 0.5) is 0 Å². The van der Waals surface area contributed by atoms with Crippen LogP contribution in [-0.2, 0) is 0 Å². The highest BCUT2D eigenvalue weighted by Crippen LogP contribution is 1.96. The molecule has 1 nitrogen and oxygen atoms in total. The van der Waals surface area contributed by atoms with Crippen LogP contribution >= 0.6 is 0 Å². The van der Waals surface area contributed by atoms with Crippen molar-refractivity contribution in [3.63, 3.8) is 0 Å². The van der Waals surface area contributed by atoms with Gasteiger partial charge in [0.05, 0.1) is 0 Å². The Morgan fingerprint density at radius 1 is 1.30 bits per heavy atom. The normalized spacial score (nSPS) is 15.3. The quantitative estimate of drug-likeness (QED) is 0.514. The molecule has 1 heterocycles. The Hall–Kier alpha value is -0.980. The monoisotopic (exact) mass is 134 g/mol. The number of rotatable bonds is 0. The summed E-state index contributed by atoms with van der Waals surface area (Å²) in [6, 6.07) is 2.09. The summed E-state index contributed by atoms with van der Waals surface area (Å²) in [7, 11) is 0. The highest BCUT2D eigenvalue weighted by atomic mass is 16.3. The van der Waals surface area contributed by atoms with Gasteiger partial charge in [-0.3, -0.25) is 0 Å². The van der Waals surface area contributed by atoms with Crippen molar-refractivity contribution in [2.24, 2.45) is 0 Å². The second kappa shape index (κ2) is 2.01. The van der Waals surface area contributed by atoms with Crippen LogP contribution in [0.15, 0.2) is 10.5 Å². The number of furan rings is 1. The Morgan fingerprint density at radius 3 is 2.90 bits per heavy atom. The van der Waals surface area contributed by atoms with Gasteiger partial charge in [-0.25, -0.2) is 0 Å². The van der Waals surface area contributed by atoms with Crippen molar-refractivity contribution >= 4 is 12.2 Å². The Bertz CT molecular complexity index is 310. The average Bonchev–Trinajstić information content (AvgIpc) is 2.27. The van der Waals surface area contributed by atoms with Gasteiger partial charge >= 0.3 is 0 Å². The fourth-order valence-corrected chi connectivity index (χ4v) is 1.32. The van der Waals surface area contributed by atoms with Crippen molar-refractivity contribution in [1.29, 1.82) is 0 Å². The van der Waals surface area contributed by atoms with Crippen LogP contribution in [0, 0.1) is 6.92 Å². The van der Waals surface area contributed by atoms with Crippen molar-refractivity contribution in [3.8, 4) is 0 Å². The molecule has 1 aromatic heterocycles. The first-order valence-corrected chi connectivity index (χ1v) is 3.63. The van der Waals surface area contributed by atoms with Crippen molar-refractivity contribution < 1.29 is 4.42 Å². The SMILES string of the molecule is Cc1cc2c(o1)=CCCC=2. The van der Waals surface area contributed by atoms with Gasteiger partial charge in [0.15, 0.2) is 0 Å². The van der Waals surface area contributed by atoms with E-state index in [1.54, 1.807) is 0 Å². The first-order valence-electron chi connectivity index (χ1n) is 3.63. The summed E-state index contributed by atoms with van der Waals surface area (Å²) in [6.45, 7) is 1.99. The summed E-state index contributed by atoms with van der Waals surface area (Å²) in [5.41, 5.74) is 1.06. The lowest BCUT2D eigenvalue weighted by Crippen LogP contribution is -2.21. The molecule has 52 valence electrons. The summed E-state index contributed by atoms with van der Waals surface area (Å²) in [4.78, 5) is 0. The average molecular weight is 134 g/mol. The summed E-state index contributed by atoms with van der Waals surface area (Å²) < 4.78 is 5.42. The van der Waals surface area contributed by atoms with Crippen LogP contribution in [0.3, 0.4) is 0 Å². The number of hydrogen-bond donors (Lipinski definition) is 0. The van der Waals surface area contributed by atoms with Gasteiger partial charge in [0.1, 0.15) is 11.2 Å². The largest absolute Gasteiger partial charge is 0.462 e. The number of hydrogen-bond acceptors (Lipinski definition) is 1. The number of aryl methyl sites for hydroxylation is 1. The number of fused-ring (bicyclic) bond motifs is 1. The molecule has 0 atom stereocenters. The first-order chi connectivity index (χ1) is 4.86. The highest BCUT2D eigenvalue weighted by molar-refractivity contribution is 5.35. The van der Waals surface area contributed by atoms with E-state index in [-0.39, 0.29) is 0 Å². The predicted molar refractivity (Wildman–Crippen MR) is 40.9 cm³/mol. The van der Waals surface area contributed by atoms with E-state index in [0.717, 1.165) is 24.0 Å². The van der Waals surface area contributed by atoms with E-state index in [1.807, 2.05) is 6.92 Å². The molecule has 0 aromatic carbocycles. The molecule has 0 aliphatic heterocycles. The molecule has 0 saturated carbocycles. The van der Waals surface area contributed by atoms with Crippen LogP contribution in [0.1, 0.15) is 18.6 Å². The lowest BCUT2D eigenvalue weighted by atomic mass is 10.2. The summed E-state index contributed by atoms with van der Waals surface area (Å²) in [5.74, 6) is 1.01. The molecule has 1 heteroatoms.